The number of rotatable bonds is 7. The number of anilines is 1. The van der Waals surface area contributed by atoms with Crippen molar-refractivity contribution >= 4 is 22.4 Å². The normalized spacial score (nSPS) is 13.8. The number of carbonyl (C=O) groups excluding carboxylic acids is 1. The fourth-order valence-corrected chi connectivity index (χ4v) is 2.78. The van der Waals surface area contributed by atoms with Crippen LogP contribution in [0.2, 0.25) is 0 Å². The number of hydrogen-bond acceptors (Lipinski definition) is 3. The lowest BCUT2D eigenvalue weighted by Crippen LogP contribution is -2.41. The topological polar surface area (TPSA) is 47.6 Å². The zero-order chi connectivity index (χ0) is 17.7. The number of fused-ring (bicyclic) bond motifs is 1. The molecule has 0 aliphatic heterocycles. The number of methoxy groups -OCH3 is 1. The summed E-state index contributed by atoms with van der Waals surface area (Å²) in [5, 5.41) is 4.96. The molecule has 2 rings (SSSR count). The first kappa shape index (κ1) is 18.3. The van der Waals surface area contributed by atoms with Crippen molar-refractivity contribution in [2.45, 2.75) is 52.2 Å². The molecule has 0 spiro atoms. The number of hydrogen-bond donors (Lipinski definition) is 1. The van der Waals surface area contributed by atoms with Crippen LogP contribution in [0, 0.1) is 0 Å². The molecule has 2 aromatic carbocycles. The second kappa shape index (κ2) is 7.67. The van der Waals surface area contributed by atoms with Gasteiger partial charge in [0.05, 0.1) is 6.10 Å². The third kappa shape index (κ3) is 3.88. The summed E-state index contributed by atoms with van der Waals surface area (Å²) in [6, 6.07) is 11.7. The molecule has 2 aromatic rings. The second-order valence-corrected chi connectivity index (χ2v) is 6.46. The summed E-state index contributed by atoms with van der Waals surface area (Å²) in [5.41, 5.74) is -0.0609. The second-order valence-electron chi connectivity index (χ2n) is 6.46. The summed E-state index contributed by atoms with van der Waals surface area (Å²) in [6.45, 7) is 7.86. The van der Waals surface area contributed by atoms with E-state index < -0.39 is 5.60 Å². The Balaban J connectivity index is 2.38. The van der Waals surface area contributed by atoms with Crippen molar-refractivity contribution in [3.63, 3.8) is 0 Å². The van der Waals surface area contributed by atoms with E-state index in [1.807, 2.05) is 64.1 Å². The van der Waals surface area contributed by atoms with E-state index in [9.17, 15) is 4.79 Å². The van der Waals surface area contributed by atoms with Crippen molar-refractivity contribution in [1.29, 1.82) is 0 Å². The molecule has 0 saturated heterocycles. The summed E-state index contributed by atoms with van der Waals surface area (Å²) in [7, 11) is 1.58. The first-order chi connectivity index (χ1) is 11.4. The van der Waals surface area contributed by atoms with Gasteiger partial charge in [-0.1, -0.05) is 37.6 Å². The highest BCUT2D eigenvalue weighted by molar-refractivity contribution is 6.06. The highest BCUT2D eigenvalue weighted by Gasteiger charge is 2.32. The molecular formula is C20H27NO3. The zero-order valence-corrected chi connectivity index (χ0v) is 15.2. The maximum Gasteiger partial charge on any atom is 0.256 e. The molecule has 0 fully saturated rings. The van der Waals surface area contributed by atoms with E-state index in [0.717, 1.165) is 28.6 Å². The van der Waals surface area contributed by atoms with Crippen LogP contribution in [-0.4, -0.2) is 24.7 Å². The van der Waals surface area contributed by atoms with Crippen LogP contribution in [0.1, 0.15) is 40.5 Å². The molecule has 4 heteroatoms. The summed E-state index contributed by atoms with van der Waals surface area (Å²) in [6.07, 6.45) is 1.64. The van der Waals surface area contributed by atoms with Crippen LogP contribution in [-0.2, 0) is 9.53 Å². The van der Waals surface area contributed by atoms with Gasteiger partial charge in [0.1, 0.15) is 11.4 Å². The maximum atomic E-state index is 12.7. The SMILES string of the molecule is CCCC(C)(OC)C(=O)Nc1ccc(OC(C)C)c2ccccc12. The van der Waals surface area contributed by atoms with Gasteiger partial charge in [-0.15, -0.1) is 0 Å². The monoisotopic (exact) mass is 329 g/mol. The van der Waals surface area contributed by atoms with Gasteiger partial charge < -0.3 is 14.8 Å². The summed E-state index contributed by atoms with van der Waals surface area (Å²) >= 11 is 0. The Labute approximate surface area is 144 Å². The molecule has 130 valence electrons. The Kier molecular flexibility index (Phi) is 5.84. The molecule has 4 nitrogen and oxygen atoms in total. The van der Waals surface area contributed by atoms with Crippen molar-refractivity contribution < 1.29 is 14.3 Å². The molecule has 0 aromatic heterocycles. The van der Waals surface area contributed by atoms with Crippen molar-refractivity contribution in [1.82, 2.24) is 0 Å². The average Bonchev–Trinajstić information content (AvgIpc) is 2.56. The molecular weight excluding hydrogens is 302 g/mol. The molecule has 0 heterocycles. The van der Waals surface area contributed by atoms with E-state index in [2.05, 4.69) is 5.32 Å². The molecule has 0 radical (unpaired) electrons. The van der Waals surface area contributed by atoms with Crippen LogP contribution < -0.4 is 10.1 Å². The fourth-order valence-electron chi connectivity index (χ4n) is 2.78. The Morgan fingerprint density at radius 1 is 1.17 bits per heavy atom. The lowest BCUT2D eigenvalue weighted by atomic mass is 9.98. The third-order valence-electron chi connectivity index (χ3n) is 4.15. The van der Waals surface area contributed by atoms with E-state index in [1.54, 1.807) is 7.11 Å². The van der Waals surface area contributed by atoms with Gasteiger partial charge in [-0.2, -0.15) is 0 Å². The maximum absolute atomic E-state index is 12.7. The molecule has 24 heavy (non-hydrogen) atoms. The molecule has 0 saturated carbocycles. The Morgan fingerprint density at radius 3 is 2.42 bits per heavy atom. The van der Waals surface area contributed by atoms with E-state index in [-0.39, 0.29) is 12.0 Å². The lowest BCUT2D eigenvalue weighted by Gasteiger charge is -2.26. The summed E-state index contributed by atoms with van der Waals surface area (Å²) in [4.78, 5) is 12.7. The first-order valence-corrected chi connectivity index (χ1v) is 8.46. The number of carbonyl (C=O) groups is 1. The molecule has 0 bridgehead atoms. The number of nitrogens with one attached hydrogen (secondary N) is 1. The molecule has 0 aliphatic carbocycles. The largest absolute Gasteiger partial charge is 0.490 e. The van der Waals surface area contributed by atoms with Crippen molar-refractivity contribution in [2.24, 2.45) is 0 Å². The molecule has 1 amide bonds. The highest BCUT2D eigenvalue weighted by atomic mass is 16.5. The van der Waals surface area contributed by atoms with Gasteiger partial charge in [0.2, 0.25) is 0 Å². The van der Waals surface area contributed by atoms with Crippen molar-refractivity contribution in [2.75, 3.05) is 12.4 Å². The number of amides is 1. The first-order valence-electron chi connectivity index (χ1n) is 8.46. The lowest BCUT2D eigenvalue weighted by molar-refractivity contribution is -0.136. The quantitative estimate of drug-likeness (QED) is 0.796. The predicted octanol–water partition coefficient (Wildman–Crippen LogP) is 4.77. The van der Waals surface area contributed by atoms with E-state index in [1.165, 1.54) is 0 Å². The van der Waals surface area contributed by atoms with Gasteiger partial charge in [-0.05, 0) is 39.3 Å². The Bertz CT molecular complexity index is 711. The van der Waals surface area contributed by atoms with Crippen LogP contribution in [0.5, 0.6) is 5.75 Å². The van der Waals surface area contributed by atoms with Crippen molar-refractivity contribution in [3.8, 4) is 5.75 Å². The van der Waals surface area contributed by atoms with E-state index in [0.29, 0.717) is 6.42 Å². The van der Waals surface area contributed by atoms with Crippen LogP contribution in [0.25, 0.3) is 10.8 Å². The van der Waals surface area contributed by atoms with Gasteiger partial charge in [0, 0.05) is 23.6 Å². The fraction of sp³-hybridized carbons (Fsp3) is 0.450. The van der Waals surface area contributed by atoms with Crippen LogP contribution in [0.15, 0.2) is 36.4 Å². The third-order valence-corrected chi connectivity index (χ3v) is 4.15. The molecule has 1 atom stereocenters. The number of benzene rings is 2. The van der Waals surface area contributed by atoms with E-state index >= 15 is 0 Å². The Hall–Kier alpha value is -2.07. The highest BCUT2D eigenvalue weighted by Crippen LogP contribution is 2.33. The smallest absolute Gasteiger partial charge is 0.256 e. The minimum absolute atomic E-state index is 0.0928. The van der Waals surface area contributed by atoms with Crippen LogP contribution in [0.4, 0.5) is 5.69 Å². The van der Waals surface area contributed by atoms with Crippen LogP contribution in [0.3, 0.4) is 0 Å². The zero-order valence-electron chi connectivity index (χ0n) is 15.2. The standard InChI is InChI=1S/C20H27NO3/c1-6-13-20(4,23-5)19(22)21-17-11-12-18(24-14(2)3)16-10-8-7-9-15(16)17/h7-12,14H,6,13H2,1-5H3,(H,21,22). The average molecular weight is 329 g/mol. The van der Waals surface area contributed by atoms with Gasteiger partial charge in [0.15, 0.2) is 0 Å². The van der Waals surface area contributed by atoms with Gasteiger partial charge in [-0.3, -0.25) is 4.79 Å². The predicted molar refractivity (Wildman–Crippen MR) is 98.7 cm³/mol. The molecule has 1 unspecified atom stereocenters. The molecule has 1 N–H and O–H groups in total. The van der Waals surface area contributed by atoms with E-state index in [4.69, 9.17) is 9.47 Å². The number of ether oxygens (including phenoxy) is 2. The van der Waals surface area contributed by atoms with Crippen molar-refractivity contribution in [3.05, 3.63) is 36.4 Å². The minimum Gasteiger partial charge on any atom is -0.490 e. The van der Waals surface area contributed by atoms with Crippen LogP contribution >= 0.6 is 0 Å². The van der Waals surface area contributed by atoms with Gasteiger partial charge >= 0.3 is 0 Å². The summed E-state index contributed by atoms with van der Waals surface area (Å²) < 4.78 is 11.3. The minimum atomic E-state index is -0.830. The Morgan fingerprint density at radius 2 is 1.83 bits per heavy atom. The van der Waals surface area contributed by atoms with Gasteiger partial charge in [-0.25, -0.2) is 0 Å². The molecule has 0 aliphatic rings. The van der Waals surface area contributed by atoms with Gasteiger partial charge in [0.25, 0.3) is 5.91 Å². The summed E-state index contributed by atoms with van der Waals surface area (Å²) in [5.74, 6) is 0.691.